The van der Waals surface area contributed by atoms with E-state index >= 15 is 0 Å². The van der Waals surface area contributed by atoms with Crippen molar-refractivity contribution in [2.75, 3.05) is 47.5 Å². The first-order chi connectivity index (χ1) is 35.7. The number of carbonyl (C=O) groups is 6. The van der Waals surface area contributed by atoms with Gasteiger partial charge in [0.2, 0.25) is 5.79 Å². The van der Waals surface area contributed by atoms with Crippen molar-refractivity contribution in [3.8, 4) is 0 Å². The van der Waals surface area contributed by atoms with Crippen molar-refractivity contribution in [2.24, 2.45) is 35.5 Å². The van der Waals surface area contributed by atoms with Crippen LogP contribution >= 0.6 is 0 Å². The summed E-state index contributed by atoms with van der Waals surface area (Å²) in [7, 11) is 4.57. The number of ketones is 3. The number of hydrogen-bond donors (Lipinski definition) is 2. The summed E-state index contributed by atoms with van der Waals surface area (Å²) in [5.74, 6) is -8.64. The Morgan fingerprint density at radius 1 is 0.827 bits per heavy atom. The fraction of sp³-hybridized carbons (Fsp3) is 0.763. The molecule has 5 aliphatic rings. The number of hydrogen-bond acceptors (Lipinski definition) is 15. The second-order valence-corrected chi connectivity index (χ2v) is 22.7. The van der Waals surface area contributed by atoms with Gasteiger partial charge in [-0.05, 0) is 146 Å². The third-order valence-corrected chi connectivity index (χ3v) is 16.8. The maximum atomic E-state index is 14.6. The molecule has 3 saturated heterocycles. The highest BCUT2D eigenvalue weighted by atomic mass is 16.6. The lowest BCUT2D eigenvalue weighted by Gasteiger charge is -2.42. The van der Waals surface area contributed by atoms with Crippen molar-refractivity contribution < 1.29 is 67.4 Å². The topological polar surface area (TPSA) is 205 Å². The maximum Gasteiger partial charge on any atom is 0.329 e. The fourth-order valence-corrected chi connectivity index (χ4v) is 11.9. The van der Waals surface area contributed by atoms with Crippen LogP contribution in [-0.4, -0.2) is 157 Å². The van der Waals surface area contributed by atoms with Gasteiger partial charge in [-0.25, -0.2) is 4.79 Å². The molecule has 16 nitrogen and oxygen atoms in total. The first-order valence-corrected chi connectivity index (χ1v) is 28.1. The molecule has 15 unspecified atom stereocenters. The van der Waals surface area contributed by atoms with Crippen LogP contribution in [0.4, 0.5) is 0 Å². The van der Waals surface area contributed by atoms with Gasteiger partial charge in [-0.2, -0.15) is 0 Å². The van der Waals surface area contributed by atoms with Gasteiger partial charge < -0.3 is 48.4 Å². The molecule has 1 saturated carbocycles. The van der Waals surface area contributed by atoms with E-state index in [9.17, 15) is 39.0 Å². The highest BCUT2D eigenvalue weighted by Gasteiger charge is 2.53. The zero-order valence-corrected chi connectivity index (χ0v) is 46.9. The van der Waals surface area contributed by atoms with Crippen molar-refractivity contribution in [1.82, 2.24) is 9.80 Å². The average Bonchev–Trinajstić information content (AvgIpc) is 3.91. The van der Waals surface area contributed by atoms with Gasteiger partial charge in [-0.1, -0.05) is 71.1 Å². The van der Waals surface area contributed by atoms with Crippen LogP contribution in [0.25, 0.3) is 0 Å². The molecule has 0 aromatic rings. The Morgan fingerprint density at radius 2 is 1.55 bits per heavy atom. The van der Waals surface area contributed by atoms with Gasteiger partial charge >= 0.3 is 11.9 Å². The summed E-state index contributed by atoms with van der Waals surface area (Å²) in [6.45, 7) is 15.7. The molecule has 0 aromatic heterocycles. The van der Waals surface area contributed by atoms with Crippen molar-refractivity contribution >= 4 is 35.2 Å². The van der Waals surface area contributed by atoms with E-state index in [2.05, 4.69) is 4.90 Å². The summed E-state index contributed by atoms with van der Waals surface area (Å²) in [4.78, 5) is 89.5. The Balaban J connectivity index is 1.50. The van der Waals surface area contributed by atoms with Gasteiger partial charge in [0, 0.05) is 64.9 Å². The fourth-order valence-electron chi connectivity index (χ4n) is 11.9. The number of carbonyl (C=O) groups excluding carboxylic acids is 6. The molecule has 75 heavy (non-hydrogen) atoms. The molecule has 1 aliphatic carbocycles. The van der Waals surface area contributed by atoms with Gasteiger partial charge in [-0.15, -0.1) is 0 Å². The molecule has 4 heterocycles. The van der Waals surface area contributed by atoms with E-state index in [-0.39, 0.29) is 61.2 Å². The second-order valence-electron chi connectivity index (χ2n) is 22.7. The SMILES string of the molecule is COC1CC2CCC(C)C(O)(O2)C(=O)C(=O)N2CCCCC2C(=O)OC(C(C)CC2CCC(O)C(OC)C2)CC(=O)C(C)C=C(C)C(OC(=O)CCCN2CCCC2)C(OC)C(=O)C(C)CC(C)C=CC=CC=C1C. The largest absolute Gasteiger partial charge is 0.460 e. The van der Waals surface area contributed by atoms with Crippen LogP contribution in [0.5, 0.6) is 0 Å². The highest BCUT2D eigenvalue weighted by molar-refractivity contribution is 6.39. The van der Waals surface area contributed by atoms with Gasteiger partial charge in [-0.3, -0.25) is 24.0 Å². The van der Waals surface area contributed by atoms with Gasteiger partial charge in [0.25, 0.3) is 11.7 Å². The molecule has 4 fully saturated rings. The number of aliphatic hydroxyl groups is 2. The quantitative estimate of drug-likeness (QED) is 0.116. The number of aliphatic hydroxyl groups excluding tert-OH is 1. The number of rotatable bonds is 11. The highest BCUT2D eigenvalue weighted by Crippen LogP contribution is 2.38. The molecule has 2 N–H and O–H groups in total. The number of fused-ring (bicyclic) bond motifs is 3. The van der Waals surface area contributed by atoms with E-state index in [4.69, 9.17) is 28.4 Å². The molecule has 16 heteroatoms. The smallest absolute Gasteiger partial charge is 0.329 e. The first-order valence-electron chi connectivity index (χ1n) is 28.1. The lowest BCUT2D eigenvalue weighted by molar-refractivity contribution is -0.265. The number of amides is 1. The molecule has 2 bridgehead atoms. The zero-order chi connectivity index (χ0) is 55.0. The number of methoxy groups -OCH3 is 3. The van der Waals surface area contributed by atoms with Crippen molar-refractivity contribution in [1.29, 1.82) is 0 Å². The lowest BCUT2D eigenvalue weighted by atomic mass is 9.78. The predicted molar refractivity (Wildman–Crippen MR) is 284 cm³/mol. The normalized spacial score (nSPS) is 35.6. The van der Waals surface area contributed by atoms with Crippen LogP contribution in [0, 0.1) is 35.5 Å². The summed E-state index contributed by atoms with van der Waals surface area (Å²) >= 11 is 0. The van der Waals surface area contributed by atoms with Crippen molar-refractivity contribution in [3.05, 3.63) is 47.6 Å². The molecule has 0 aromatic carbocycles. The molecule has 0 radical (unpaired) electrons. The van der Waals surface area contributed by atoms with E-state index < -0.39 is 89.8 Å². The predicted octanol–water partition coefficient (Wildman–Crippen LogP) is 7.61. The second kappa shape index (κ2) is 29.7. The number of esters is 2. The minimum absolute atomic E-state index is 0.0182. The molecule has 0 spiro atoms. The summed E-state index contributed by atoms with van der Waals surface area (Å²) in [5.41, 5.74) is 1.34. The summed E-state index contributed by atoms with van der Waals surface area (Å²) < 4.78 is 36.1. The van der Waals surface area contributed by atoms with Crippen LogP contribution in [0.1, 0.15) is 151 Å². The van der Waals surface area contributed by atoms with Crippen LogP contribution in [-0.2, 0) is 57.2 Å². The number of cyclic esters (lactones) is 1. The van der Waals surface area contributed by atoms with E-state index in [0.29, 0.717) is 76.2 Å². The Bertz CT molecular complexity index is 2050. The Kier molecular flexibility index (Phi) is 24.6. The maximum absolute atomic E-state index is 14.6. The van der Waals surface area contributed by atoms with Crippen LogP contribution in [0.3, 0.4) is 0 Å². The molecule has 422 valence electrons. The lowest BCUT2D eigenvalue weighted by Crippen LogP contribution is -2.61. The number of likely N-dealkylation sites (tertiary alicyclic amines) is 1. The van der Waals surface area contributed by atoms with Crippen molar-refractivity contribution in [2.45, 2.75) is 206 Å². The first kappa shape index (κ1) is 61.9. The van der Waals surface area contributed by atoms with E-state index in [1.165, 1.54) is 12.0 Å². The minimum atomic E-state index is -2.44. The molecule has 4 aliphatic heterocycles. The van der Waals surface area contributed by atoms with Crippen molar-refractivity contribution in [3.63, 3.8) is 0 Å². The van der Waals surface area contributed by atoms with Crippen LogP contribution in [0.2, 0.25) is 0 Å². The molecule has 1 amide bonds. The average molecular weight is 1050 g/mol. The summed E-state index contributed by atoms with van der Waals surface area (Å²) in [6.07, 6.45) is 14.2. The number of allylic oxidation sites excluding steroid dienone is 6. The summed E-state index contributed by atoms with van der Waals surface area (Å²) in [6, 6.07) is -1.16. The Labute approximate surface area is 447 Å². The van der Waals surface area contributed by atoms with Crippen LogP contribution < -0.4 is 0 Å². The van der Waals surface area contributed by atoms with Crippen LogP contribution in [0.15, 0.2) is 47.6 Å². The Morgan fingerprint density at radius 3 is 2.24 bits per heavy atom. The number of ether oxygens (including phenoxy) is 6. The monoisotopic (exact) mass is 1050 g/mol. The third-order valence-electron chi connectivity index (χ3n) is 16.8. The number of nitrogens with zero attached hydrogens (tertiary/aromatic N) is 2. The summed E-state index contributed by atoms with van der Waals surface area (Å²) in [5, 5.41) is 22.6. The van der Waals surface area contributed by atoms with Gasteiger partial charge in [0.05, 0.1) is 24.4 Å². The molecular weight excluding hydrogens is 961 g/mol. The number of Topliss-reactive ketones (excluding diaryl/α,β-unsaturated/α-hetero) is 3. The Hall–Kier alpha value is -3.90. The minimum Gasteiger partial charge on any atom is -0.460 e. The van der Waals surface area contributed by atoms with Gasteiger partial charge in [0.15, 0.2) is 18.0 Å². The zero-order valence-electron chi connectivity index (χ0n) is 46.9. The molecule has 15 atom stereocenters. The standard InChI is InChI=1S/C59H92N2O14/c1-37-19-12-11-13-20-38(2)49(70-8)35-45-25-23-43(7)59(69,75-45)56(66)57(67)61-30-15-14-21-46(61)58(68)73-50(40(4)33-44-24-26-47(62)51(34-44)71-9)36-48(63)39(3)32-42(6)54(55(72-10)53(65)41(5)31-37)74-52(64)22-18-29-60-27-16-17-28-60/h11-13,19-20,32,37,39-41,43-47,49-51,54-55,62,69H,14-18,21-31,33-36H2,1-10H3. The molecule has 5 rings (SSSR count). The molecular formula is C59H92N2O14. The number of piperidine rings is 1. The van der Waals surface area contributed by atoms with E-state index in [0.717, 1.165) is 38.0 Å². The van der Waals surface area contributed by atoms with E-state index in [1.807, 2.05) is 58.1 Å². The van der Waals surface area contributed by atoms with E-state index in [1.54, 1.807) is 41.1 Å². The third kappa shape index (κ3) is 17.3. The van der Waals surface area contributed by atoms with Gasteiger partial charge in [0.1, 0.15) is 17.9 Å².